The first-order valence-corrected chi connectivity index (χ1v) is 9.83. The number of ether oxygens (including phenoxy) is 1. The van der Waals surface area contributed by atoms with E-state index in [4.69, 9.17) is 11.6 Å². The van der Waals surface area contributed by atoms with E-state index in [9.17, 15) is 18.9 Å². The smallest absolute Gasteiger partial charge is 0.336 e. The minimum absolute atomic E-state index is 0.219. The van der Waals surface area contributed by atoms with E-state index in [0.717, 1.165) is 12.7 Å². The fourth-order valence-corrected chi connectivity index (χ4v) is 3.49. The summed E-state index contributed by atoms with van der Waals surface area (Å²) in [7, 11) is -0.424. The Labute approximate surface area is 165 Å². The van der Waals surface area contributed by atoms with Gasteiger partial charge < -0.3 is 15.2 Å². The summed E-state index contributed by atoms with van der Waals surface area (Å²) in [5, 5.41) is 13.3. The summed E-state index contributed by atoms with van der Waals surface area (Å²) in [5.74, 6) is -1.71. The summed E-state index contributed by atoms with van der Waals surface area (Å²) in [6, 6.07) is 14.5. The van der Waals surface area contributed by atoms with Crippen LogP contribution in [-0.4, -0.2) is 46.2 Å². The molecule has 0 bridgehead atoms. The number of halogens is 1. The maximum absolute atomic E-state index is 12.3. The highest BCUT2D eigenvalue weighted by Gasteiger charge is 2.29. The number of aliphatic hydroxyl groups excluding tert-OH is 1. The van der Waals surface area contributed by atoms with Crippen molar-refractivity contribution in [1.29, 1.82) is 0 Å². The van der Waals surface area contributed by atoms with Crippen molar-refractivity contribution in [3.8, 4) is 0 Å². The van der Waals surface area contributed by atoms with Crippen molar-refractivity contribution in [1.82, 2.24) is 5.32 Å². The summed E-state index contributed by atoms with van der Waals surface area (Å²) < 4.78 is 16.9. The van der Waals surface area contributed by atoms with E-state index in [1.54, 1.807) is 24.3 Å². The predicted molar refractivity (Wildman–Crippen MR) is 103 cm³/mol. The van der Waals surface area contributed by atoms with Gasteiger partial charge in [0.1, 0.15) is 5.75 Å². The van der Waals surface area contributed by atoms with E-state index in [0.29, 0.717) is 9.92 Å². The quantitative estimate of drug-likeness (QED) is 0.647. The van der Waals surface area contributed by atoms with Crippen molar-refractivity contribution >= 4 is 34.3 Å². The molecule has 3 atom stereocenters. The van der Waals surface area contributed by atoms with Crippen molar-refractivity contribution in [2.24, 2.45) is 0 Å². The average molecular weight is 410 g/mol. The van der Waals surface area contributed by atoms with E-state index in [-0.39, 0.29) is 12.2 Å². The second-order valence-corrected chi connectivity index (χ2v) is 7.66. The SMILES string of the molecule is COC(=O)[C@@H](O)[C@@H](Cc1ccccc1)NC(=O)CS(=O)c1ccc(Cl)cc1. The van der Waals surface area contributed by atoms with Gasteiger partial charge in [0.25, 0.3) is 0 Å². The molecule has 0 spiro atoms. The number of benzene rings is 2. The lowest BCUT2D eigenvalue weighted by Crippen LogP contribution is -2.49. The zero-order chi connectivity index (χ0) is 19.8. The number of aliphatic hydroxyl groups is 1. The highest BCUT2D eigenvalue weighted by molar-refractivity contribution is 7.85. The molecule has 1 amide bonds. The molecule has 0 aliphatic heterocycles. The number of rotatable bonds is 8. The Bertz CT molecular complexity index is 798. The molecular formula is C19H20ClNO5S. The van der Waals surface area contributed by atoms with Crippen LogP contribution in [0.15, 0.2) is 59.5 Å². The highest BCUT2D eigenvalue weighted by atomic mass is 35.5. The van der Waals surface area contributed by atoms with Gasteiger partial charge in [0.15, 0.2) is 6.10 Å². The molecule has 2 aromatic carbocycles. The fourth-order valence-electron chi connectivity index (χ4n) is 2.43. The van der Waals surface area contributed by atoms with Gasteiger partial charge in [0, 0.05) is 9.92 Å². The van der Waals surface area contributed by atoms with E-state index in [1.165, 1.54) is 0 Å². The molecule has 27 heavy (non-hydrogen) atoms. The molecule has 2 N–H and O–H groups in total. The zero-order valence-electron chi connectivity index (χ0n) is 14.6. The van der Waals surface area contributed by atoms with E-state index < -0.39 is 34.8 Å². The first-order chi connectivity index (χ1) is 12.9. The van der Waals surface area contributed by atoms with Crippen molar-refractivity contribution in [3.05, 3.63) is 65.2 Å². The topological polar surface area (TPSA) is 92.7 Å². The number of hydrogen-bond acceptors (Lipinski definition) is 5. The van der Waals surface area contributed by atoms with Crippen LogP contribution < -0.4 is 5.32 Å². The number of hydrogen-bond donors (Lipinski definition) is 2. The van der Waals surface area contributed by atoms with Crippen LogP contribution in [0.5, 0.6) is 0 Å². The van der Waals surface area contributed by atoms with Gasteiger partial charge in [-0.1, -0.05) is 41.9 Å². The molecule has 0 radical (unpaired) electrons. The Morgan fingerprint density at radius 1 is 1.15 bits per heavy atom. The standard InChI is InChI=1S/C19H20ClNO5S/c1-26-19(24)18(23)16(11-13-5-3-2-4-6-13)21-17(22)12-27(25)15-9-7-14(20)8-10-15/h2-10,16,18,23H,11-12H2,1H3,(H,21,22)/t16-,18+,27?/m1/s1. The molecule has 2 rings (SSSR count). The molecule has 0 saturated heterocycles. The number of methoxy groups -OCH3 is 1. The normalized spacial score (nSPS) is 14.0. The third kappa shape index (κ3) is 6.46. The van der Waals surface area contributed by atoms with Crippen molar-refractivity contribution in [2.75, 3.05) is 12.9 Å². The van der Waals surface area contributed by atoms with Gasteiger partial charge in [-0.2, -0.15) is 0 Å². The lowest BCUT2D eigenvalue weighted by atomic mass is 10.0. The molecule has 8 heteroatoms. The number of carbonyl (C=O) groups is 2. The number of amides is 1. The van der Waals surface area contributed by atoms with Crippen molar-refractivity contribution in [2.45, 2.75) is 23.5 Å². The Morgan fingerprint density at radius 2 is 1.78 bits per heavy atom. The summed E-state index contributed by atoms with van der Waals surface area (Å²) >= 11 is 5.80. The zero-order valence-corrected chi connectivity index (χ0v) is 16.2. The molecule has 6 nitrogen and oxygen atoms in total. The van der Waals surface area contributed by atoms with Crippen LogP contribution in [0, 0.1) is 0 Å². The Morgan fingerprint density at radius 3 is 2.37 bits per heavy atom. The van der Waals surface area contributed by atoms with Crippen LogP contribution >= 0.6 is 11.6 Å². The van der Waals surface area contributed by atoms with Crippen LogP contribution in [-0.2, 0) is 31.5 Å². The summed E-state index contributed by atoms with van der Waals surface area (Å²) in [6.07, 6.45) is -1.32. The van der Waals surface area contributed by atoms with Crippen LogP contribution in [0.4, 0.5) is 0 Å². The molecule has 2 aromatic rings. The van der Waals surface area contributed by atoms with Crippen molar-refractivity contribution in [3.63, 3.8) is 0 Å². The predicted octanol–water partition coefficient (Wildman–Crippen LogP) is 1.71. The minimum atomic E-state index is -1.58. The monoisotopic (exact) mass is 409 g/mol. The number of carbonyl (C=O) groups excluding carboxylic acids is 2. The summed E-state index contributed by atoms with van der Waals surface area (Å²) in [4.78, 5) is 24.5. The van der Waals surface area contributed by atoms with Crippen LogP contribution in [0.1, 0.15) is 5.56 Å². The van der Waals surface area contributed by atoms with Crippen LogP contribution in [0.25, 0.3) is 0 Å². The molecule has 0 aliphatic carbocycles. The van der Waals surface area contributed by atoms with E-state index >= 15 is 0 Å². The van der Waals surface area contributed by atoms with Gasteiger partial charge in [-0.15, -0.1) is 0 Å². The second-order valence-electron chi connectivity index (χ2n) is 5.78. The van der Waals surface area contributed by atoms with Gasteiger partial charge in [0.2, 0.25) is 5.91 Å². The maximum Gasteiger partial charge on any atom is 0.336 e. The third-order valence-corrected chi connectivity index (χ3v) is 5.38. The van der Waals surface area contributed by atoms with Gasteiger partial charge in [-0.05, 0) is 36.2 Å². The first-order valence-electron chi connectivity index (χ1n) is 8.14. The Hall–Kier alpha value is -2.22. The first kappa shape index (κ1) is 21.1. The average Bonchev–Trinajstić information content (AvgIpc) is 2.67. The van der Waals surface area contributed by atoms with Crippen LogP contribution in [0.3, 0.4) is 0 Å². The van der Waals surface area contributed by atoms with Gasteiger partial charge in [0.05, 0.1) is 24.0 Å². The second kappa shape index (κ2) is 10.2. The van der Waals surface area contributed by atoms with Gasteiger partial charge >= 0.3 is 5.97 Å². The highest BCUT2D eigenvalue weighted by Crippen LogP contribution is 2.13. The molecule has 0 aliphatic rings. The molecule has 0 aromatic heterocycles. The third-order valence-electron chi connectivity index (χ3n) is 3.81. The molecule has 0 saturated carbocycles. The number of esters is 1. The van der Waals surface area contributed by atoms with Gasteiger partial charge in [-0.25, -0.2) is 4.79 Å². The lowest BCUT2D eigenvalue weighted by Gasteiger charge is -2.22. The largest absolute Gasteiger partial charge is 0.467 e. The van der Waals surface area contributed by atoms with Crippen LogP contribution in [0.2, 0.25) is 5.02 Å². The lowest BCUT2D eigenvalue weighted by molar-refractivity contribution is -0.152. The molecule has 0 heterocycles. The van der Waals surface area contributed by atoms with Gasteiger partial charge in [-0.3, -0.25) is 9.00 Å². The summed E-state index contributed by atoms with van der Waals surface area (Å²) in [6.45, 7) is 0. The maximum atomic E-state index is 12.3. The fraction of sp³-hybridized carbons (Fsp3) is 0.263. The van der Waals surface area contributed by atoms with Crippen molar-refractivity contribution < 1.29 is 23.6 Å². The minimum Gasteiger partial charge on any atom is -0.467 e. The van der Waals surface area contributed by atoms with E-state index in [2.05, 4.69) is 10.1 Å². The molecular weight excluding hydrogens is 390 g/mol. The van der Waals surface area contributed by atoms with E-state index in [1.807, 2.05) is 30.3 Å². The summed E-state index contributed by atoms with van der Waals surface area (Å²) in [5.41, 5.74) is 0.824. The molecule has 144 valence electrons. The Kier molecular flexibility index (Phi) is 7.97. The Balaban J connectivity index is 2.06. The molecule has 1 unspecified atom stereocenters. The molecule has 0 fully saturated rings. The number of nitrogens with one attached hydrogen (secondary N) is 1.